The lowest BCUT2D eigenvalue weighted by Gasteiger charge is -2.36. The maximum Gasteiger partial charge on any atom is 0.223 e. The number of nitrogens with zero attached hydrogens (tertiary/aromatic N) is 2. The minimum absolute atomic E-state index is 0.266. The largest absolute Gasteiger partial charge is 0.368 e. The monoisotopic (exact) mass is 333 g/mol. The zero-order chi connectivity index (χ0) is 17.1. The molecule has 1 aliphatic heterocycles. The summed E-state index contributed by atoms with van der Waals surface area (Å²) in [5, 5.41) is 1.21. The lowest BCUT2D eigenvalue weighted by molar-refractivity contribution is -0.131. The summed E-state index contributed by atoms with van der Waals surface area (Å²) >= 11 is 0. The Hall–Kier alpha value is -2.75. The number of para-hydroxylation sites is 1. The molecule has 1 fully saturated rings. The molecule has 1 aliphatic rings. The predicted molar refractivity (Wildman–Crippen MR) is 102 cm³/mol. The number of carbonyl (C=O) groups is 1. The third-order valence-corrected chi connectivity index (χ3v) is 5.00. The smallest absolute Gasteiger partial charge is 0.223 e. The lowest BCUT2D eigenvalue weighted by atomic mass is 10.1. The second kappa shape index (κ2) is 7.01. The number of hydrogen-bond donors (Lipinski definition) is 1. The number of hydrogen-bond acceptors (Lipinski definition) is 2. The molecule has 4 rings (SSSR count). The number of fused-ring (bicyclic) bond motifs is 1. The first-order valence-corrected chi connectivity index (χ1v) is 8.93. The van der Waals surface area contributed by atoms with Gasteiger partial charge in [-0.25, -0.2) is 0 Å². The Bertz CT molecular complexity index is 848. The first-order valence-electron chi connectivity index (χ1n) is 8.93. The Morgan fingerprint density at radius 1 is 0.960 bits per heavy atom. The summed E-state index contributed by atoms with van der Waals surface area (Å²) in [5.41, 5.74) is 3.62. The molecule has 1 amide bonds. The second-order valence-electron chi connectivity index (χ2n) is 6.60. The predicted octanol–water partition coefficient (Wildman–Crippen LogP) is 3.45. The zero-order valence-electron chi connectivity index (χ0n) is 14.3. The molecule has 4 nitrogen and oxygen atoms in total. The number of carbonyl (C=O) groups excluding carboxylic acids is 1. The van der Waals surface area contributed by atoms with Crippen LogP contribution in [0, 0.1) is 0 Å². The normalized spacial score (nSPS) is 14.9. The van der Waals surface area contributed by atoms with Crippen LogP contribution in [0.5, 0.6) is 0 Å². The van der Waals surface area contributed by atoms with E-state index in [1.54, 1.807) is 0 Å². The highest BCUT2D eigenvalue weighted by molar-refractivity contribution is 5.80. The Labute approximate surface area is 148 Å². The zero-order valence-corrected chi connectivity index (χ0v) is 14.3. The molecule has 0 atom stereocenters. The van der Waals surface area contributed by atoms with E-state index in [1.807, 2.05) is 17.2 Å². The number of piperazine rings is 1. The van der Waals surface area contributed by atoms with Crippen LogP contribution in [-0.2, 0) is 11.2 Å². The van der Waals surface area contributed by atoms with Gasteiger partial charge in [0.2, 0.25) is 5.91 Å². The van der Waals surface area contributed by atoms with Crippen molar-refractivity contribution < 1.29 is 4.79 Å². The number of aryl methyl sites for hydroxylation is 1. The van der Waals surface area contributed by atoms with Crippen LogP contribution in [-0.4, -0.2) is 42.0 Å². The van der Waals surface area contributed by atoms with Crippen molar-refractivity contribution in [3.63, 3.8) is 0 Å². The first kappa shape index (κ1) is 15.8. The van der Waals surface area contributed by atoms with E-state index in [-0.39, 0.29) is 5.91 Å². The van der Waals surface area contributed by atoms with Gasteiger partial charge in [-0.1, -0.05) is 24.3 Å². The molecule has 0 bridgehead atoms. The maximum atomic E-state index is 12.5. The van der Waals surface area contributed by atoms with Gasteiger partial charge in [0.05, 0.1) is 0 Å². The summed E-state index contributed by atoms with van der Waals surface area (Å²) in [6.45, 7) is 3.44. The van der Waals surface area contributed by atoms with Crippen LogP contribution in [0.1, 0.15) is 12.0 Å². The van der Waals surface area contributed by atoms with Crippen molar-refractivity contribution in [2.24, 2.45) is 0 Å². The van der Waals surface area contributed by atoms with E-state index >= 15 is 0 Å². The van der Waals surface area contributed by atoms with Crippen molar-refractivity contribution in [2.45, 2.75) is 12.8 Å². The van der Waals surface area contributed by atoms with Crippen molar-refractivity contribution in [1.82, 2.24) is 9.88 Å². The van der Waals surface area contributed by atoms with Gasteiger partial charge >= 0.3 is 0 Å². The fourth-order valence-electron chi connectivity index (χ4n) is 3.52. The van der Waals surface area contributed by atoms with Crippen LogP contribution in [0.3, 0.4) is 0 Å². The number of amides is 1. The van der Waals surface area contributed by atoms with E-state index in [0.717, 1.165) is 38.1 Å². The molecular weight excluding hydrogens is 310 g/mol. The molecule has 1 N–H and O–H groups in total. The van der Waals surface area contributed by atoms with E-state index in [9.17, 15) is 4.79 Å². The van der Waals surface area contributed by atoms with Crippen LogP contribution in [0.15, 0.2) is 60.8 Å². The van der Waals surface area contributed by atoms with Crippen molar-refractivity contribution >= 4 is 22.5 Å². The van der Waals surface area contributed by atoms with Gasteiger partial charge in [-0.15, -0.1) is 0 Å². The highest BCUT2D eigenvalue weighted by atomic mass is 16.2. The van der Waals surface area contributed by atoms with Crippen LogP contribution in [0.2, 0.25) is 0 Å². The molecule has 0 unspecified atom stereocenters. The molecule has 1 saturated heterocycles. The van der Waals surface area contributed by atoms with E-state index in [1.165, 1.54) is 16.6 Å². The number of anilines is 1. The third-order valence-electron chi connectivity index (χ3n) is 5.00. The highest BCUT2D eigenvalue weighted by Crippen LogP contribution is 2.18. The standard InChI is InChI=1S/C21H23N3O/c25-21(9-7-17-6-8-20-18(16-17)10-11-22-20)24-14-12-23(13-15-24)19-4-2-1-3-5-19/h1-6,8,10-11,16,22H,7,9,12-15H2. The van der Waals surface area contributed by atoms with Crippen LogP contribution < -0.4 is 4.90 Å². The van der Waals surface area contributed by atoms with E-state index < -0.39 is 0 Å². The molecule has 0 saturated carbocycles. The molecular formula is C21H23N3O. The number of benzene rings is 2. The Morgan fingerprint density at radius 3 is 2.56 bits per heavy atom. The summed E-state index contributed by atoms with van der Waals surface area (Å²) in [5.74, 6) is 0.266. The fourth-order valence-corrected chi connectivity index (χ4v) is 3.52. The SMILES string of the molecule is O=C(CCc1ccc2[nH]ccc2c1)N1CCN(c2ccccc2)CC1. The average Bonchev–Trinajstić information content (AvgIpc) is 3.15. The van der Waals surface area contributed by atoms with E-state index in [0.29, 0.717) is 6.42 Å². The van der Waals surface area contributed by atoms with Gasteiger partial charge in [-0.05, 0) is 47.7 Å². The van der Waals surface area contributed by atoms with Gasteiger partial charge < -0.3 is 14.8 Å². The minimum Gasteiger partial charge on any atom is -0.368 e. The molecule has 3 aromatic rings. The first-order chi connectivity index (χ1) is 12.3. The number of rotatable bonds is 4. The topological polar surface area (TPSA) is 39.3 Å². The Morgan fingerprint density at radius 2 is 1.76 bits per heavy atom. The van der Waals surface area contributed by atoms with Crippen molar-refractivity contribution in [3.05, 3.63) is 66.4 Å². The van der Waals surface area contributed by atoms with E-state index in [4.69, 9.17) is 0 Å². The molecule has 128 valence electrons. The third kappa shape index (κ3) is 3.53. The molecule has 25 heavy (non-hydrogen) atoms. The summed E-state index contributed by atoms with van der Waals surface area (Å²) in [4.78, 5) is 20.1. The van der Waals surface area contributed by atoms with E-state index in [2.05, 4.69) is 58.4 Å². The van der Waals surface area contributed by atoms with Gasteiger partial charge in [0.25, 0.3) is 0 Å². The molecule has 1 aromatic heterocycles. The number of aromatic amines is 1. The Balaban J connectivity index is 1.30. The second-order valence-corrected chi connectivity index (χ2v) is 6.60. The number of H-pyrrole nitrogens is 1. The van der Waals surface area contributed by atoms with Crippen LogP contribution >= 0.6 is 0 Å². The number of nitrogens with one attached hydrogen (secondary N) is 1. The van der Waals surface area contributed by atoms with Crippen molar-refractivity contribution in [1.29, 1.82) is 0 Å². The maximum absolute atomic E-state index is 12.5. The van der Waals surface area contributed by atoms with Crippen molar-refractivity contribution in [2.75, 3.05) is 31.1 Å². The molecule has 2 aromatic carbocycles. The summed E-state index contributed by atoms with van der Waals surface area (Å²) in [7, 11) is 0. The molecule has 4 heteroatoms. The minimum atomic E-state index is 0.266. The summed E-state index contributed by atoms with van der Waals surface area (Å²) in [6.07, 6.45) is 3.34. The van der Waals surface area contributed by atoms with Crippen LogP contribution in [0.25, 0.3) is 10.9 Å². The van der Waals surface area contributed by atoms with Gasteiger partial charge in [-0.2, -0.15) is 0 Å². The highest BCUT2D eigenvalue weighted by Gasteiger charge is 2.20. The van der Waals surface area contributed by atoms with Gasteiger partial charge in [0.1, 0.15) is 0 Å². The lowest BCUT2D eigenvalue weighted by Crippen LogP contribution is -2.48. The van der Waals surface area contributed by atoms with Gasteiger partial charge in [0, 0.05) is 50.0 Å². The number of aromatic nitrogens is 1. The molecule has 0 radical (unpaired) electrons. The van der Waals surface area contributed by atoms with Crippen molar-refractivity contribution in [3.8, 4) is 0 Å². The Kier molecular flexibility index (Phi) is 4.42. The van der Waals surface area contributed by atoms with Gasteiger partial charge in [-0.3, -0.25) is 4.79 Å². The summed E-state index contributed by atoms with van der Waals surface area (Å²) < 4.78 is 0. The average molecular weight is 333 g/mol. The van der Waals surface area contributed by atoms with Gasteiger partial charge in [0.15, 0.2) is 0 Å². The summed E-state index contributed by atoms with van der Waals surface area (Å²) in [6, 6.07) is 18.9. The molecule has 0 spiro atoms. The van der Waals surface area contributed by atoms with Crippen LogP contribution in [0.4, 0.5) is 5.69 Å². The molecule has 0 aliphatic carbocycles. The molecule has 2 heterocycles. The quantitative estimate of drug-likeness (QED) is 0.794. The fraction of sp³-hybridized carbons (Fsp3) is 0.286.